The molecule has 1 unspecified atom stereocenters. The normalized spacial score (nSPS) is 24.3. The number of carbonyl (C=O) groups excluding carboxylic acids is 1. The molecule has 0 radical (unpaired) electrons. The molecule has 0 bridgehead atoms. The van der Waals surface area contributed by atoms with Gasteiger partial charge in [-0.15, -0.1) is 0 Å². The SMILES string of the molecule is CC1CC[C@@H](COC(=O)c2ccccc2)S1. The predicted molar refractivity (Wildman–Crippen MR) is 66.8 cm³/mol. The molecule has 2 atom stereocenters. The summed E-state index contributed by atoms with van der Waals surface area (Å²) >= 11 is 1.93. The lowest BCUT2D eigenvalue weighted by Gasteiger charge is -2.10. The van der Waals surface area contributed by atoms with Crippen LogP contribution in [0.15, 0.2) is 30.3 Å². The Morgan fingerprint density at radius 2 is 2.12 bits per heavy atom. The van der Waals surface area contributed by atoms with Gasteiger partial charge in [0.05, 0.1) is 5.56 Å². The van der Waals surface area contributed by atoms with Gasteiger partial charge < -0.3 is 4.74 Å². The van der Waals surface area contributed by atoms with E-state index in [0.29, 0.717) is 22.7 Å². The van der Waals surface area contributed by atoms with Crippen molar-refractivity contribution < 1.29 is 9.53 Å². The second-order valence-electron chi connectivity index (χ2n) is 4.11. The lowest BCUT2D eigenvalue weighted by molar-refractivity contribution is 0.0506. The molecule has 1 heterocycles. The van der Waals surface area contributed by atoms with E-state index in [4.69, 9.17) is 4.74 Å². The van der Waals surface area contributed by atoms with Gasteiger partial charge in [0.25, 0.3) is 0 Å². The van der Waals surface area contributed by atoms with Crippen molar-refractivity contribution in [2.45, 2.75) is 30.3 Å². The molecular formula is C13H16O2S. The molecule has 0 saturated carbocycles. The summed E-state index contributed by atoms with van der Waals surface area (Å²) in [6.07, 6.45) is 2.39. The van der Waals surface area contributed by atoms with E-state index in [1.165, 1.54) is 6.42 Å². The molecule has 1 aromatic rings. The van der Waals surface area contributed by atoms with Crippen molar-refractivity contribution >= 4 is 17.7 Å². The minimum absolute atomic E-state index is 0.208. The van der Waals surface area contributed by atoms with Crippen LogP contribution in [0.5, 0.6) is 0 Å². The molecule has 16 heavy (non-hydrogen) atoms. The van der Waals surface area contributed by atoms with Gasteiger partial charge in [-0.05, 0) is 25.0 Å². The number of benzene rings is 1. The molecule has 1 aliphatic rings. The third-order valence-electron chi connectivity index (χ3n) is 2.73. The third-order valence-corrected chi connectivity index (χ3v) is 4.19. The van der Waals surface area contributed by atoms with Crippen molar-refractivity contribution in [3.63, 3.8) is 0 Å². The summed E-state index contributed by atoms with van der Waals surface area (Å²) in [7, 11) is 0. The summed E-state index contributed by atoms with van der Waals surface area (Å²) in [6, 6.07) is 9.16. The lowest BCUT2D eigenvalue weighted by Crippen LogP contribution is -2.14. The van der Waals surface area contributed by atoms with Crippen LogP contribution < -0.4 is 0 Å². The molecule has 1 saturated heterocycles. The molecule has 0 aromatic heterocycles. The zero-order valence-corrected chi connectivity index (χ0v) is 10.2. The Morgan fingerprint density at radius 3 is 2.75 bits per heavy atom. The molecule has 2 nitrogen and oxygen atoms in total. The minimum atomic E-state index is -0.208. The summed E-state index contributed by atoms with van der Waals surface area (Å²) in [4.78, 5) is 11.7. The van der Waals surface area contributed by atoms with Gasteiger partial charge >= 0.3 is 5.97 Å². The first-order valence-corrected chi connectivity index (χ1v) is 6.57. The van der Waals surface area contributed by atoms with Gasteiger partial charge in [-0.2, -0.15) is 11.8 Å². The smallest absolute Gasteiger partial charge is 0.338 e. The fourth-order valence-corrected chi connectivity index (χ4v) is 3.18. The Bertz CT molecular complexity index is 350. The summed E-state index contributed by atoms with van der Waals surface area (Å²) in [5.41, 5.74) is 0.638. The van der Waals surface area contributed by atoms with Crippen LogP contribution in [0.25, 0.3) is 0 Å². The Hall–Kier alpha value is -0.960. The predicted octanol–water partition coefficient (Wildman–Crippen LogP) is 3.13. The minimum Gasteiger partial charge on any atom is -0.461 e. The van der Waals surface area contributed by atoms with E-state index in [9.17, 15) is 4.79 Å². The highest BCUT2D eigenvalue weighted by Gasteiger charge is 2.23. The van der Waals surface area contributed by atoms with E-state index in [-0.39, 0.29) is 5.97 Å². The number of hydrogen-bond donors (Lipinski definition) is 0. The van der Waals surface area contributed by atoms with Crippen LogP contribution in [0.4, 0.5) is 0 Å². The van der Waals surface area contributed by atoms with Crippen molar-refractivity contribution in [2.75, 3.05) is 6.61 Å². The molecular weight excluding hydrogens is 220 g/mol. The monoisotopic (exact) mass is 236 g/mol. The maximum atomic E-state index is 11.7. The maximum Gasteiger partial charge on any atom is 0.338 e. The van der Waals surface area contributed by atoms with E-state index >= 15 is 0 Å². The van der Waals surface area contributed by atoms with Crippen molar-refractivity contribution in [2.24, 2.45) is 0 Å². The Morgan fingerprint density at radius 1 is 1.38 bits per heavy atom. The molecule has 1 aromatic carbocycles. The molecule has 1 aliphatic heterocycles. The van der Waals surface area contributed by atoms with Crippen LogP contribution in [-0.4, -0.2) is 23.1 Å². The topological polar surface area (TPSA) is 26.3 Å². The molecule has 86 valence electrons. The summed E-state index contributed by atoms with van der Waals surface area (Å²) in [5, 5.41) is 1.20. The Labute approximate surface area is 100 Å². The maximum absolute atomic E-state index is 11.7. The zero-order valence-electron chi connectivity index (χ0n) is 9.39. The van der Waals surface area contributed by atoms with Crippen molar-refractivity contribution in [1.29, 1.82) is 0 Å². The molecule has 0 N–H and O–H groups in total. The van der Waals surface area contributed by atoms with E-state index in [1.807, 2.05) is 30.0 Å². The first-order chi connectivity index (χ1) is 7.75. The second kappa shape index (κ2) is 5.39. The van der Waals surface area contributed by atoms with Gasteiger partial charge in [0.1, 0.15) is 6.61 Å². The zero-order chi connectivity index (χ0) is 11.4. The molecule has 2 rings (SSSR count). The first kappa shape index (κ1) is 11.5. The number of esters is 1. The average Bonchev–Trinajstić information content (AvgIpc) is 2.73. The highest BCUT2D eigenvalue weighted by Crippen LogP contribution is 2.33. The summed E-state index contributed by atoms with van der Waals surface area (Å²) in [6.45, 7) is 2.77. The molecule has 3 heteroatoms. The van der Waals surface area contributed by atoms with Gasteiger partial charge in [-0.1, -0.05) is 25.1 Å². The van der Waals surface area contributed by atoms with Gasteiger partial charge in [-0.25, -0.2) is 4.79 Å². The molecule has 0 spiro atoms. The fraction of sp³-hybridized carbons (Fsp3) is 0.462. The highest BCUT2D eigenvalue weighted by atomic mass is 32.2. The highest BCUT2D eigenvalue weighted by molar-refractivity contribution is 8.00. The number of carbonyl (C=O) groups is 1. The van der Waals surface area contributed by atoms with Gasteiger partial charge in [0.2, 0.25) is 0 Å². The van der Waals surface area contributed by atoms with Gasteiger partial charge in [0, 0.05) is 10.5 Å². The van der Waals surface area contributed by atoms with E-state index in [1.54, 1.807) is 12.1 Å². The van der Waals surface area contributed by atoms with Gasteiger partial charge in [-0.3, -0.25) is 0 Å². The number of rotatable bonds is 3. The van der Waals surface area contributed by atoms with Crippen LogP contribution in [0, 0.1) is 0 Å². The van der Waals surface area contributed by atoms with Crippen molar-refractivity contribution in [1.82, 2.24) is 0 Å². The average molecular weight is 236 g/mol. The number of thioether (sulfide) groups is 1. The van der Waals surface area contributed by atoms with E-state index < -0.39 is 0 Å². The summed E-state index contributed by atoms with van der Waals surface area (Å²) in [5.74, 6) is -0.208. The summed E-state index contributed by atoms with van der Waals surface area (Å²) < 4.78 is 5.30. The van der Waals surface area contributed by atoms with E-state index in [0.717, 1.165) is 6.42 Å². The fourth-order valence-electron chi connectivity index (χ4n) is 1.83. The van der Waals surface area contributed by atoms with Crippen LogP contribution in [0.1, 0.15) is 30.1 Å². The van der Waals surface area contributed by atoms with E-state index in [2.05, 4.69) is 6.92 Å². The van der Waals surface area contributed by atoms with Crippen LogP contribution in [0.2, 0.25) is 0 Å². The molecule has 1 fully saturated rings. The van der Waals surface area contributed by atoms with Crippen LogP contribution >= 0.6 is 11.8 Å². The second-order valence-corrected chi connectivity index (χ2v) is 5.85. The van der Waals surface area contributed by atoms with Crippen LogP contribution in [-0.2, 0) is 4.74 Å². The lowest BCUT2D eigenvalue weighted by atomic mass is 10.2. The van der Waals surface area contributed by atoms with Gasteiger partial charge in [0.15, 0.2) is 0 Å². The van der Waals surface area contributed by atoms with Crippen molar-refractivity contribution in [3.05, 3.63) is 35.9 Å². The molecule has 0 aliphatic carbocycles. The number of hydrogen-bond acceptors (Lipinski definition) is 3. The van der Waals surface area contributed by atoms with Crippen LogP contribution in [0.3, 0.4) is 0 Å². The Balaban J connectivity index is 1.80. The standard InChI is InChI=1S/C13H16O2S/c1-10-7-8-12(16-10)9-15-13(14)11-5-3-2-4-6-11/h2-6,10,12H,7-9H2,1H3/t10?,12-/m0/s1. The largest absolute Gasteiger partial charge is 0.461 e. The Kier molecular flexibility index (Phi) is 3.88. The van der Waals surface area contributed by atoms with Crippen molar-refractivity contribution in [3.8, 4) is 0 Å². The quantitative estimate of drug-likeness (QED) is 0.754. The molecule has 0 amide bonds. The number of ether oxygens (including phenoxy) is 1. The third kappa shape index (κ3) is 3.01. The first-order valence-electron chi connectivity index (χ1n) is 5.63.